The number of nitrogens with zero attached hydrogens (tertiary/aromatic N) is 1. The van der Waals surface area contributed by atoms with Crippen LogP contribution in [0.15, 0.2) is 30.7 Å². The minimum absolute atomic E-state index is 0.223. The molecule has 2 aromatic rings. The van der Waals surface area contributed by atoms with E-state index in [1.807, 2.05) is 12.1 Å². The Morgan fingerprint density at radius 2 is 2.28 bits per heavy atom. The third-order valence-corrected chi connectivity index (χ3v) is 4.11. The lowest BCUT2D eigenvalue weighted by molar-refractivity contribution is -0.128. The molecule has 0 radical (unpaired) electrons. The molecule has 0 saturated heterocycles. The second kappa shape index (κ2) is 7.83. The summed E-state index contributed by atoms with van der Waals surface area (Å²) < 4.78 is 5.60. The van der Waals surface area contributed by atoms with Crippen LogP contribution in [0.1, 0.15) is 30.2 Å². The highest BCUT2D eigenvalue weighted by Crippen LogP contribution is 2.25. The van der Waals surface area contributed by atoms with Crippen LogP contribution in [0.5, 0.6) is 5.75 Å². The Bertz CT molecular complexity index is 743. The van der Waals surface area contributed by atoms with E-state index >= 15 is 0 Å². The van der Waals surface area contributed by atoms with E-state index in [0.29, 0.717) is 13.0 Å². The van der Waals surface area contributed by atoms with Crippen LogP contribution in [-0.2, 0) is 29.0 Å². The second-order valence-electron chi connectivity index (χ2n) is 6.15. The first-order valence-electron chi connectivity index (χ1n) is 8.38. The summed E-state index contributed by atoms with van der Waals surface area (Å²) in [6.45, 7) is 2.57. The predicted octanol–water partition coefficient (Wildman–Crippen LogP) is 1.10. The van der Waals surface area contributed by atoms with E-state index in [4.69, 9.17) is 4.74 Å². The number of benzene rings is 1. The molecule has 0 bridgehead atoms. The van der Waals surface area contributed by atoms with Crippen LogP contribution in [0.3, 0.4) is 0 Å². The molecule has 25 heavy (non-hydrogen) atoms. The zero-order chi connectivity index (χ0) is 17.6. The molecule has 1 aliphatic rings. The van der Waals surface area contributed by atoms with E-state index in [2.05, 4.69) is 26.7 Å². The number of hydrogen-bond acceptors (Lipinski definition) is 4. The number of carbonyl (C=O) groups is 2. The summed E-state index contributed by atoms with van der Waals surface area (Å²) in [5.74, 6) is 0.459. The van der Waals surface area contributed by atoms with Crippen molar-refractivity contribution in [1.29, 1.82) is 0 Å². The van der Waals surface area contributed by atoms with E-state index in [9.17, 15) is 9.59 Å². The molecule has 0 saturated carbocycles. The smallest absolute Gasteiger partial charge is 0.243 e. The number of carbonyl (C=O) groups excluding carboxylic acids is 2. The molecule has 7 heteroatoms. The van der Waals surface area contributed by atoms with Crippen molar-refractivity contribution in [2.75, 3.05) is 6.61 Å². The number of rotatable bonds is 6. The van der Waals surface area contributed by atoms with Gasteiger partial charge in [-0.2, -0.15) is 0 Å². The Hall–Kier alpha value is -2.83. The molecule has 7 nitrogen and oxygen atoms in total. The van der Waals surface area contributed by atoms with Crippen molar-refractivity contribution in [1.82, 2.24) is 20.6 Å². The van der Waals surface area contributed by atoms with E-state index in [1.165, 1.54) is 12.5 Å². The Labute approximate surface area is 146 Å². The Kier molecular flexibility index (Phi) is 5.33. The summed E-state index contributed by atoms with van der Waals surface area (Å²) in [4.78, 5) is 30.8. The number of ether oxygens (including phenoxy) is 1. The molecule has 1 aromatic carbocycles. The van der Waals surface area contributed by atoms with Gasteiger partial charge >= 0.3 is 0 Å². The molecule has 1 aromatic heterocycles. The molecule has 0 fully saturated rings. The van der Waals surface area contributed by atoms with Crippen LogP contribution < -0.4 is 15.4 Å². The van der Waals surface area contributed by atoms with Gasteiger partial charge in [0.1, 0.15) is 11.8 Å². The molecule has 2 amide bonds. The van der Waals surface area contributed by atoms with Crippen LogP contribution >= 0.6 is 0 Å². The Morgan fingerprint density at radius 1 is 1.40 bits per heavy atom. The third-order valence-electron chi connectivity index (χ3n) is 4.11. The molecular formula is C18H22N4O3. The maximum absolute atomic E-state index is 12.5. The first-order valence-corrected chi connectivity index (χ1v) is 8.38. The topological polar surface area (TPSA) is 96.1 Å². The minimum atomic E-state index is -0.640. The molecule has 2 heterocycles. The van der Waals surface area contributed by atoms with Crippen LogP contribution in [0, 0.1) is 0 Å². The summed E-state index contributed by atoms with van der Waals surface area (Å²) in [5, 5.41) is 5.58. The highest BCUT2D eigenvalue weighted by molar-refractivity contribution is 5.87. The fraction of sp³-hybridized carbons (Fsp3) is 0.389. The molecule has 3 rings (SSSR count). The van der Waals surface area contributed by atoms with Gasteiger partial charge in [0, 0.05) is 31.8 Å². The van der Waals surface area contributed by atoms with Crippen LogP contribution in [0.25, 0.3) is 0 Å². The predicted molar refractivity (Wildman–Crippen MR) is 92.0 cm³/mol. The van der Waals surface area contributed by atoms with Crippen molar-refractivity contribution in [3.8, 4) is 5.75 Å². The van der Waals surface area contributed by atoms with Gasteiger partial charge in [0.25, 0.3) is 0 Å². The zero-order valence-corrected chi connectivity index (χ0v) is 14.2. The van der Waals surface area contributed by atoms with Gasteiger partial charge in [0.15, 0.2) is 0 Å². The maximum atomic E-state index is 12.5. The number of imidazole rings is 1. The number of aryl methyl sites for hydroxylation is 1. The lowest BCUT2D eigenvalue weighted by atomic mass is 10.0. The third kappa shape index (κ3) is 4.59. The van der Waals surface area contributed by atoms with Crippen molar-refractivity contribution in [2.45, 2.75) is 38.8 Å². The van der Waals surface area contributed by atoms with Crippen molar-refractivity contribution in [3.05, 3.63) is 47.5 Å². The molecule has 1 atom stereocenters. The second-order valence-corrected chi connectivity index (χ2v) is 6.15. The van der Waals surface area contributed by atoms with Gasteiger partial charge in [0.05, 0.1) is 12.9 Å². The first kappa shape index (κ1) is 17.0. The Morgan fingerprint density at radius 3 is 3.04 bits per heavy atom. The zero-order valence-electron chi connectivity index (χ0n) is 14.2. The average molecular weight is 342 g/mol. The summed E-state index contributed by atoms with van der Waals surface area (Å²) in [7, 11) is 0. The average Bonchev–Trinajstić information content (AvgIpc) is 3.11. The molecule has 3 N–H and O–H groups in total. The molecular weight excluding hydrogens is 320 g/mol. The fourth-order valence-corrected chi connectivity index (χ4v) is 2.91. The highest BCUT2D eigenvalue weighted by Gasteiger charge is 2.20. The summed E-state index contributed by atoms with van der Waals surface area (Å²) in [6, 6.07) is 5.33. The van der Waals surface area contributed by atoms with Crippen molar-refractivity contribution < 1.29 is 14.3 Å². The van der Waals surface area contributed by atoms with Gasteiger partial charge in [-0.15, -0.1) is 0 Å². The van der Waals surface area contributed by atoms with E-state index in [1.54, 1.807) is 12.5 Å². The van der Waals surface area contributed by atoms with Gasteiger partial charge in [-0.25, -0.2) is 4.98 Å². The number of amides is 2. The largest absolute Gasteiger partial charge is 0.493 e. The van der Waals surface area contributed by atoms with E-state index in [-0.39, 0.29) is 11.8 Å². The quantitative estimate of drug-likeness (QED) is 0.732. The standard InChI is InChI=1S/C18H22N4O3/c1-12(23)22-16(8-15-10-19-11-21-15)18(24)20-9-13-4-5-17-14(7-13)3-2-6-25-17/h4-5,7,10-11,16H,2-3,6,8-9H2,1H3,(H,19,21)(H,20,24)(H,22,23)/t16-/m0/s1. The molecule has 1 aliphatic heterocycles. The van der Waals surface area contributed by atoms with Crippen molar-refractivity contribution in [3.63, 3.8) is 0 Å². The lowest BCUT2D eigenvalue weighted by Crippen LogP contribution is -2.47. The molecule has 132 valence electrons. The lowest BCUT2D eigenvalue weighted by Gasteiger charge is -2.19. The van der Waals surface area contributed by atoms with Crippen LogP contribution in [0.2, 0.25) is 0 Å². The number of fused-ring (bicyclic) bond motifs is 1. The van der Waals surface area contributed by atoms with Gasteiger partial charge in [-0.05, 0) is 30.0 Å². The normalized spacial score (nSPS) is 14.1. The molecule has 0 spiro atoms. The maximum Gasteiger partial charge on any atom is 0.243 e. The van der Waals surface area contributed by atoms with E-state index < -0.39 is 6.04 Å². The van der Waals surface area contributed by atoms with Crippen LogP contribution in [0.4, 0.5) is 0 Å². The minimum Gasteiger partial charge on any atom is -0.493 e. The fourth-order valence-electron chi connectivity index (χ4n) is 2.91. The van der Waals surface area contributed by atoms with Crippen molar-refractivity contribution in [2.24, 2.45) is 0 Å². The van der Waals surface area contributed by atoms with Gasteiger partial charge < -0.3 is 20.4 Å². The summed E-state index contributed by atoms with van der Waals surface area (Å²) in [5.41, 5.74) is 2.98. The molecule has 0 unspecified atom stereocenters. The number of nitrogens with one attached hydrogen (secondary N) is 3. The highest BCUT2D eigenvalue weighted by atomic mass is 16.5. The summed E-state index contributed by atoms with van der Waals surface area (Å²) in [6.07, 6.45) is 5.56. The Balaban J connectivity index is 1.61. The van der Waals surface area contributed by atoms with Gasteiger partial charge in [-0.1, -0.05) is 12.1 Å². The number of H-pyrrole nitrogens is 1. The number of hydrogen-bond donors (Lipinski definition) is 3. The summed E-state index contributed by atoms with van der Waals surface area (Å²) >= 11 is 0. The monoisotopic (exact) mass is 342 g/mol. The SMILES string of the molecule is CC(=O)N[C@@H](Cc1cnc[nH]1)C(=O)NCc1ccc2c(c1)CCCO2. The number of aromatic amines is 1. The van der Waals surface area contributed by atoms with E-state index in [0.717, 1.165) is 36.5 Å². The van der Waals surface area contributed by atoms with Crippen molar-refractivity contribution >= 4 is 11.8 Å². The van der Waals surface area contributed by atoms with Crippen LogP contribution in [-0.4, -0.2) is 34.4 Å². The number of aromatic nitrogens is 2. The first-order chi connectivity index (χ1) is 12.1. The van der Waals surface area contributed by atoms with Gasteiger partial charge in [0.2, 0.25) is 11.8 Å². The molecule has 0 aliphatic carbocycles. The van der Waals surface area contributed by atoms with Gasteiger partial charge in [-0.3, -0.25) is 9.59 Å².